The fourth-order valence-electron chi connectivity index (χ4n) is 2.23. The van der Waals surface area contributed by atoms with Crippen LogP contribution in [0.1, 0.15) is 34.1 Å². The van der Waals surface area contributed by atoms with Gasteiger partial charge in [0, 0.05) is 13.1 Å². The lowest BCUT2D eigenvalue weighted by molar-refractivity contribution is -0.121. The van der Waals surface area contributed by atoms with Crippen LogP contribution in [0.15, 0.2) is 0 Å². The van der Waals surface area contributed by atoms with Crippen molar-refractivity contribution in [2.24, 2.45) is 11.8 Å². The average molecular weight is 183 g/mol. The molecule has 0 aromatic carbocycles. The molecule has 0 aromatic heterocycles. The second-order valence-corrected chi connectivity index (χ2v) is 4.82. The predicted octanol–water partition coefficient (Wildman–Crippen LogP) is 1.94. The summed E-state index contributed by atoms with van der Waals surface area (Å²) >= 11 is 0. The van der Waals surface area contributed by atoms with E-state index < -0.39 is 0 Å². The third kappa shape index (κ3) is 2.80. The molecule has 2 atom stereocenters. The molecule has 1 fully saturated rings. The Bertz CT molecular complexity index is 189. The first-order valence-corrected chi connectivity index (χ1v) is 5.25. The van der Waals surface area contributed by atoms with E-state index in [9.17, 15) is 4.79 Å². The van der Waals surface area contributed by atoms with Gasteiger partial charge in [-0.15, -0.1) is 0 Å². The van der Waals surface area contributed by atoms with Gasteiger partial charge in [0.15, 0.2) is 0 Å². The number of likely N-dealkylation sites (tertiary alicyclic amines) is 1. The fourth-order valence-corrected chi connectivity index (χ4v) is 2.23. The van der Waals surface area contributed by atoms with Crippen LogP contribution in [0.2, 0.25) is 0 Å². The first-order valence-electron chi connectivity index (χ1n) is 5.25. The number of Topliss-reactive ketones (excluding diaryl/α,β-unsaturated/α-hetero) is 1. The summed E-state index contributed by atoms with van der Waals surface area (Å²) in [4.78, 5) is 13.7. The number of rotatable bonds is 3. The predicted molar refractivity (Wildman–Crippen MR) is 54.7 cm³/mol. The van der Waals surface area contributed by atoms with Gasteiger partial charge in [0.25, 0.3) is 0 Å². The molecule has 0 bridgehead atoms. The topological polar surface area (TPSA) is 20.3 Å². The zero-order valence-corrected chi connectivity index (χ0v) is 9.21. The van der Waals surface area contributed by atoms with Crippen molar-refractivity contribution in [2.45, 2.75) is 40.2 Å². The SMILES string of the molecule is CC(=O)[C@H]1C[C@H](C)CN1CC(C)C. The number of hydrogen-bond donors (Lipinski definition) is 0. The molecule has 0 N–H and O–H groups in total. The van der Waals surface area contributed by atoms with Crippen molar-refractivity contribution in [1.29, 1.82) is 0 Å². The summed E-state index contributed by atoms with van der Waals surface area (Å²) in [6, 6.07) is 0.206. The van der Waals surface area contributed by atoms with Crippen molar-refractivity contribution in [3.63, 3.8) is 0 Å². The van der Waals surface area contributed by atoms with Crippen molar-refractivity contribution < 1.29 is 4.79 Å². The number of hydrogen-bond acceptors (Lipinski definition) is 2. The van der Waals surface area contributed by atoms with Crippen LogP contribution in [-0.2, 0) is 4.79 Å². The molecular weight excluding hydrogens is 162 g/mol. The van der Waals surface area contributed by atoms with E-state index in [0.29, 0.717) is 17.6 Å². The molecule has 0 aliphatic carbocycles. The molecule has 2 nitrogen and oxygen atoms in total. The minimum Gasteiger partial charge on any atom is -0.298 e. The maximum Gasteiger partial charge on any atom is 0.146 e. The highest BCUT2D eigenvalue weighted by atomic mass is 16.1. The lowest BCUT2D eigenvalue weighted by Gasteiger charge is -2.23. The summed E-state index contributed by atoms with van der Waals surface area (Å²) in [5.41, 5.74) is 0. The second kappa shape index (κ2) is 4.23. The molecule has 0 spiro atoms. The van der Waals surface area contributed by atoms with E-state index in [-0.39, 0.29) is 6.04 Å². The Hall–Kier alpha value is -0.370. The smallest absolute Gasteiger partial charge is 0.146 e. The fraction of sp³-hybridized carbons (Fsp3) is 0.909. The monoisotopic (exact) mass is 183 g/mol. The molecule has 0 radical (unpaired) electrons. The van der Waals surface area contributed by atoms with Crippen LogP contribution in [0.4, 0.5) is 0 Å². The van der Waals surface area contributed by atoms with Crippen molar-refractivity contribution in [3.05, 3.63) is 0 Å². The van der Waals surface area contributed by atoms with Gasteiger partial charge in [-0.1, -0.05) is 20.8 Å². The van der Waals surface area contributed by atoms with Crippen molar-refractivity contribution in [2.75, 3.05) is 13.1 Å². The molecule has 1 rings (SSSR count). The molecule has 0 saturated carbocycles. The van der Waals surface area contributed by atoms with Gasteiger partial charge in [0.05, 0.1) is 6.04 Å². The lowest BCUT2D eigenvalue weighted by atomic mass is 10.1. The van der Waals surface area contributed by atoms with Crippen LogP contribution in [0.25, 0.3) is 0 Å². The molecule has 13 heavy (non-hydrogen) atoms. The molecule has 0 unspecified atom stereocenters. The summed E-state index contributed by atoms with van der Waals surface area (Å²) in [7, 11) is 0. The number of nitrogens with zero attached hydrogens (tertiary/aromatic N) is 1. The van der Waals surface area contributed by atoms with Gasteiger partial charge >= 0.3 is 0 Å². The van der Waals surface area contributed by atoms with E-state index >= 15 is 0 Å². The van der Waals surface area contributed by atoms with Gasteiger partial charge in [-0.3, -0.25) is 9.69 Å². The normalized spacial score (nSPS) is 29.9. The summed E-state index contributed by atoms with van der Waals surface area (Å²) in [6.07, 6.45) is 1.06. The average Bonchev–Trinajstić information content (AvgIpc) is 2.29. The van der Waals surface area contributed by atoms with Gasteiger partial charge in [0.2, 0.25) is 0 Å². The lowest BCUT2D eigenvalue weighted by Crippen LogP contribution is -2.37. The Morgan fingerprint density at radius 3 is 2.62 bits per heavy atom. The standard InChI is InChI=1S/C11H21NO/c1-8(2)6-12-7-9(3)5-11(12)10(4)13/h8-9,11H,5-7H2,1-4H3/t9-,11+/m0/s1. The summed E-state index contributed by atoms with van der Waals surface area (Å²) in [5, 5.41) is 0. The van der Waals surface area contributed by atoms with E-state index in [4.69, 9.17) is 0 Å². The van der Waals surface area contributed by atoms with E-state index in [0.717, 1.165) is 19.5 Å². The summed E-state index contributed by atoms with van der Waals surface area (Å²) in [6.45, 7) is 10.5. The van der Waals surface area contributed by atoms with E-state index in [2.05, 4.69) is 25.7 Å². The minimum atomic E-state index is 0.206. The highest BCUT2D eigenvalue weighted by Crippen LogP contribution is 2.24. The highest BCUT2D eigenvalue weighted by molar-refractivity contribution is 5.81. The maximum absolute atomic E-state index is 11.3. The van der Waals surface area contributed by atoms with E-state index in [1.54, 1.807) is 6.92 Å². The first kappa shape index (κ1) is 10.7. The largest absolute Gasteiger partial charge is 0.298 e. The van der Waals surface area contributed by atoms with E-state index in [1.165, 1.54) is 0 Å². The second-order valence-electron chi connectivity index (χ2n) is 4.82. The van der Waals surface area contributed by atoms with Gasteiger partial charge in [-0.2, -0.15) is 0 Å². The Morgan fingerprint density at radius 1 is 1.54 bits per heavy atom. The molecule has 1 saturated heterocycles. The van der Waals surface area contributed by atoms with Gasteiger partial charge in [-0.25, -0.2) is 0 Å². The Labute approximate surface area is 81.3 Å². The van der Waals surface area contributed by atoms with E-state index in [1.807, 2.05) is 0 Å². The molecular formula is C11H21NO. The van der Waals surface area contributed by atoms with Crippen LogP contribution in [0.5, 0.6) is 0 Å². The third-order valence-corrected chi connectivity index (χ3v) is 2.68. The molecule has 1 aliphatic rings. The van der Waals surface area contributed by atoms with Gasteiger partial charge in [0.1, 0.15) is 5.78 Å². The van der Waals surface area contributed by atoms with Gasteiger partial charge in [-0.05, 0) is 25.2 Å². The number of carbonyl (C=O) groups excluding carboxylic acids is 1. The van der Waals surface area contributed by atoms with Crippen LogP contribution in [0.3, 0.4) is 0 Å². The van der Waals surface area contributed by atoms with Crippen LogP contribution in [-0.4, -0.2) is 29.8 Å². The van der Waals surface area contributed by atoms with Crippen LogP contribution < -0.4 is 0 Å². The zero-order valence-electron chi connectivity index (χ0n) is 9.21. The number of carbonyl (C=O) groups is 1. The molecule has 0 amide bonds. The Morgan fingerprint density at radius 2 is 2.15 bits per heavy atom. The molecule has 1 heterocycles. The van der Waals surface area contributed by atoms with Crippen molar-refractivity contribution >= 4 is 5.78 Å². The Balaban J connectivity index is 2.55. The minimum absolute atomic E-state index is 0.206. The molecule has 76 valence electrons. The number of ketones is 1. The molecule has 1 aliphatic heterocycles. The quantitative estimate of drug-likeness (QED) is 0.666. The van der Waals surface area contributed by atoms with Crippen molar-refractivity contribution in [1.82, 2.24) is 4.90 Å². The molecule has 0 aromatic rings. The highest BCUT2D eigenvalue weighted by Gasteiger charge is 2.32. The summed E-state index contributed by atoms with van der Waals surface area (Å²) in [5.74, 6) is 1.69. The van der Waals surface area contributed by atoms with Crippen LogP contribution >= 0.6 is 0 Å². The maximum atomic E-state index is 11.3. The molecule has 2 heteroatoms. The Kier molecular flexibility index (Phi) is 3.48. The third-order valence-electron chi connectivity index (χ3n) is 2.68. The van der Waals surface area contributed by atoms with Crippen molar-refractivity contribution in [3.8, 4) is 0 Å². The van der Waals surface area contributed by atoms with Crippen LogP contribution in [0, 0.1) is 11.8 Å². The zero-order chi connectivity index (χ0) is 10.0. The first-order chi connectivity index (χ1) is 6.00. The van der Waals surface area contributed by atoms with Gasteiger partial charge < -0.3 is 0 Å². The summed E-state index contributed by atoms with van der Waals surface area (Å²) < 4.78 is 0.